The van der Waals surface area contributed by atoms with E-state index in [0.29, 0.717) is 12.3 Å². The van der Waals surface area contributed by atoms with Crippen molar-refractivity contribution in [2.45, 2.75) is 39.3 Å². The fourth-order valence-corrected chi connectivity index (χ4v) is 1.98. The Hall–Kier alpha value is -0.870. The largest absolute Gasteiger partial charge is 0.386 e. The van der Waals surface area contributed by atoms with Gasteiger partial charge in [0.05, 0.1) is 12.1 Å². The molecule has 1 aromatic rings. The number of aliphatic hydroxyl groups excluding tert-OH is 1. The van der Waals surface area contributed by atoms with E-state index in [-0.39, 0.29) is 11.9 Å². The van der Waals surface area contributed by atoms with E-state index >= 15 is 0 Å². The minimum atomic E-state index is -0.686. The highest BCUT2D eigenvalue weighted by atomic mass is 79.9. The molecular formula is C14H20BrNO2. The molecule has 3 nitrogen and oxygen atoms in total. The van der Waals surface area contributed by atoms with Crippen molar-refractivity contribution in [1.29, 1.82) is 0 Å². The number of carbonyl (C=O) groups excluding carboxylic acids is 1. The van der Waals surface area contributed by atoms with Crippen LogP contribution in [0.2, 0.25) is 0 Å². The van der Waals surface area contributed by atoms with Crippen LogP contribution in [0.4, 0.5) is 0 Å². The molecule has 1 aromatic carbocycles. The summed E-state index contributed by atoms with van der Waals surface area (Å²) in [7, 11) is 0. The quantitative estimate of drug-likeness (QED) is 0.878. The van der Waals surface area contributed by atoms with Gasteiger partial charge in [0.15, 0.2) is 0 Å². The van der Waals surface area contributed by atoms with Crippen molar-refractivity contribution < 1.29 is 9.90 Å². The molecule has 0 aliphatic rings. The van der Waals surface area contributed by atoms with Crippen LogP contribution in [0.3, 0.4) is 0 Å². The van der Waals surface area contributed by atoms with E-state index in [9.17, 15) is 9.90 Å². The maximum Gasteiger partial charge on any atom is 0.220 e. The highest BCUT2D eigenvalue weighted by Crippen LogP contribution is 2.19. The number of hydrogen-bond donors (Lipinski definition) is 2. The lowest BCUT2D eigenvalue weighted by Gasteiger charge is -2.21. The van der Waals surface area contributed by atoms with Crippen LogP contribution < -0.4 is 5.32 Å². The highest BCUT2D eigenvalue weighted by Gasteiger charge is 2.18. The average molecular weight is 314 g/mol. The standard InChI is InChI=1S/C14H20BrNO2/c1-9(2)8-13(17)16-10(3)14(18)11-4-6-12(15)7-5-11/h4-7,9-10,14,18H,8H2,1-3H3,(H,16,17). The van der Waals surface area contributed by atoms with Crippen molar-refractivity contribution in [2.75, 3.05) is 0 Å². The third-order valence-electron chi connectivity index (χ3n) is 2.67. The zero-order chi connectivity index (χ0) is 13.7. The molecule has 2 N–H and O–H groups in total. The lowest BCUT2D eigenvalue weighted by molar-refractivity contribution is -0.123. The zero-order valence-electron chi connectivity index (χ0n) is 11.0. The number of rotatable bonds is 5. The van der Waals surface area contributed by atoms with Gasteiger partial charge < -0.3 is 10.4 Å². The van der Waals surface area contributed by atoms with E-state index < -0.39 is 6.10 Å². The summed E-state index contributed by atoms with van der Waals surface area (Å²) in [6, 6.07) is 7.15. The summed E-state index contributed by atoms with van der Waals surface area (Å²) in [6.45, 7) is 5.80. The summed E-state index contributed by atoms with van der Waals surface area (Å²) >= 11 is 3.35. The van der Waals surface area contributed by atoms with Gasteiger partial charge in [0.25, 0.3) is 0 Å². The number of hydrogen-bond acceptors (Lipinski definition) is 2. The minimum absolute atomic E-state index is 0.0198. The Kier molecular flexibility index (Phi) is 5.82. The van der Waals surface area contributed by atoms with E-state index in [4.69, 9.17) is 0 Å². The molecule has 2 atom stereocenters. The molecule has 100 valence electrons. The number of carbonyl (C=O) groups is 1. The second-order valence-corrected chi connectivity index (χ2v) is 5.87. The Labute approximate surface area is 117 Å². The first-order valence-electron chi connectivity index (χ1n) is 6.13. The molecule has 0 heterocycles. The van der Waals surface area contributed by atoms with E-state index in [1.54, 1.807) is 0 Å². The van der Waals surface area contributed by atoms with Crippen molar-refractivity contribution in [3.63, 3.8) is 0 Å². The number of benzene rings is 1. The first kappa shape index (κ1) is 15.2. The molecule has 0 saturated heterocycles. The maximum atomic E-state index is 11.6. The van der Waals surface area contributed by atoms with Gasteiger partial charge in [0, 0.05) is 10.9 Å². The van der Waals surface area contributed by atoms with Crippen LogP contribution in [0, 0.1) is 5.92 Å². The summed E-state index contributed by atoms with van der Waals surface area (Å²) in [4.78, 5) is 11.6. The van der Waals surface area contributed by atoms with E-state index in [0.717, 1.165) is 10.0 Å². The molecule has 1 rings (SSSR count). The highest BCUT2D eigenvalue weighted by molar-refractivity contribution is 9.10. The Morgan fingerprint density at radius 2 is 1.83 bits per heavy atom. The predicted octanol–water partition coefficient (Wildman–Crippen LogP) is 3.03. The van der Waals surface area contributed by atoms with Gasteiger partial charge in [-0.3, -0.25) is 4.79 Å². The fraction of sp³-hybridized carbons (Fsp3) is 0.500. The molecule has 0 aliphatic heterocycles. The van der Waals surface area contributed by atoms with Crippen molar-refractivity contribution in [3.8, 4) is 0 Å². The molecular weight excluding hydrogens is 294 g/mol. The van der Waals surface area contributed by atoms with E-state index in [1.165, 1.54) is 0 Å². The molecule has 0 aliphatic carbocycles. The molecule has 0 aromatic heterocycles. The second kappa shape index (κ2) is 6.90. The average Bonchev–Trinajstić information content (AvgIpc) is 2.27. The van der Waals surface area contributed by atoms with Crippen LogP contribution in [-0.2, 0) is 4.79 Å². The molecule has 2 unspecified atom stereocenters. The van der Waals surface area contributed by atoms with Gasteiger partial charge in [-0.25, -0.2) is 0 Å². The normalized spacial score (nSPS) is 14.3. The van der Waals surface area contributed by atoms with Gasteiger partial charge in [0.2, 0.25) is 5.91 Å². The van der Waals surface area contributed by atoms with Crippen LogP contribution in [0.5, 0.6) is 0 Å². The monoisotopic (exact) mass is 313 g/mol. The van der Waals surface area contributed by atoms with Gasteiger partial charge in [-0.2, -0.15) is 0 Å². The van der Waals surface area contributed by atoms with E-state index in [1.807, 2.05) is 45.0 Å². The lowest BCUT2D eigenvalue weighted by atomic mass is 10.0. The Morgan fingerprint density at radius 3 is 2.33 bits per heavy atom. The van der Waals surface area contributed by atoms with Crippen LogP contribution in [0.25, 0.3) is 0 Å². The number of nitrogens with one attached hydrogen (secondary N) is 1. The van der Waals surface area contributed by atoms with Crippen LogP contribution in [0.1, 0.15) is 38.9 Å². The van der Waals surface area contributed by atoms with Gasteiger partial charge in [0.1, 0.15) is 0 Å². The first-order valence-corrected chi connectivity index (χ1v) is 6.92. The second-order valence-electron chi connectivity index (χ2n) is 4.95. The third-order valence-corrected chi connectivity index (χ3v) is 3.20. The van der Waals surface area contributed by atoms with Crippen molar-refractivity contribution >= 4 is 21.8 Å². The number of halogens is 1. The molecule has 1 amide bonds. The minimum Gasteiger partial charge on any atom is -0.386 e. The zero-order valence-corrected chi connectivity index (χ0v) is 12.6. The summed E-state index contributed by atoms with van der Waals surface area (Å²) in [5, 5.41) is 13.0. The summed E-state index contributed by atoms with van der Waals surface area (Å²) in [5.41, 5.74) is 0.801. The van der Waals surface area contributed by atoms with Gasteiger partial charge >= 0.3 is 0 Å². The van der Waals surface area contributed by atoms with Crippen molar-refractivity contribution in [2.24, 2.45) is 5.92 Å². The third kappa shape index (κ3) is 4.78. The summed E-state index contributed by atoms with van der Waals surface area (Å²) in [6.07, 6.45) is -0.202. The first-order chi connectivity index (χ1) is 8.40. The lowest BCUT2D eigenvalue weighted by Crippen LogP contribution is -2.37. The van der Waals surface area contributed by atoms with Crippen LogP contribution in [-0.4, -0.2) is 17.1 Å². The van der Waals surface area contributed by atoms with Gasteiger partial charge in [-0.05, 0) is 30.5 Å². The molecule has 0 spiro atoms. The Morgan fingerprint density at radius 1 is 1.28 bits per heavy atom. The van der Waals surface area contributed by atoms with Gasteiger partial charge in [-0.1, -0.05) is 41.9 Å². The van der Waals surface area contributed by atoms with Crippen molar-refractivity contribution in [1.82, 2.24) is 5.32 Å². The number of aliphatic hydroxyl groups is 1. The Balaban J connectivity index is 2.58. The van der Waals surface area contributed by atoms with Gasteiger partial charge in [-0.15, -0.1) is 0 Å². The Bertz CT molecular complexity index is 389. The summed E-state index contributed by atoms with van der Waals surface area (Å²) in [5.74, 6) is 0.302. The molecule has 0 bridgehead atoms. The SMILES string of the molecule is CC(C)CC(=O)NC(C)C(O)c1ccc(Br)cc1. The maximum absolute atomic E-state index is 11.6. The van der Waals surface area contributed by atoms with Crippen LogP contribution >= 0.6 is 15.9 Å². The van der Waals surface area contributed by atoms with Crippen LogP contribution in [0.15, 0.2) is 28.7 Å². The molecule has 0 radical (unpaired) electrons. The molecule has 18 heavy (non-hydrogen) atoms. The molecule has 0 saturated carbocycles. The van der Waals surface area contributed by atoms with E-state index in [2.05, 4.69) is 21.2 Å². The fourth-order valence-electron chi connectivity index (χ4n) is 1.71. The predicted molar refractivity (Wildman–Crippen MR) is 76.2 cm³/mol. The topological polar surface area (TPSA) is 49.3 Å². The summed E-state index contributed by atoms with van der Waals surface area (Å²) < 4.78 is 0.968. The molecule has 0 fully saturated rings. The number of amides is 1. The smallest absolute Gasteiger partial charge is 0.220 e. The van der Waals surface area contributed by atoms with Crippen molar-refractivity contribution in [3.05, 3.63) is 34.3 Å². The molecule has 4 heteroatoms.